The highest BCUT2D eigenvalue weighted by atomic mass is 32.2. The molecule has 0 spiro atoms. The van der Waals surface area contributed by atoms with Gasteiger partial charge in [-0.15, -0.1) is 0 Å². The lowest BCUT2D eigenvalue weighted by Crippen LogP contribution is -2.31. The van der Waals surface area contributed by atoms with Crippen LogP contribution in [0.5, 0.6) is 0 Å². The van der Waals surface area contributed by atoms with Crippen LogP contribution >= 0.6 is 0 Å². The Bertz CT molecular complexity index is 302. The van der Waals surface area contributed by atoms with E-state index in [1.807, 2.05) is 0 Å². The van der Waals surface area contributed by atoms with Gasteiger partial charge in [0.1, 0.15) is 0 Å². The monoisotopic (exact) mass is 175 g/mol. The van der Waals surface area contributed by atoms with E-state index in [9.17, 15) is 12.8 Å². The summed E-state index contributed by atoms with van der Waals surface area (Å²) >= 11 is 0. The fraction of sp³-hybridized carbons (Fsp3) is 0.286. The van der Waals surface area contributed by atoms with Crippen molar-refractivity contribution < 1.29 is 12.8 Å². The summed E-state index contributed by atoms with van der Waals surface area (Å²) in [5, 5.41) is -2.30. The second-order valence-electron chi connectivity index (χ2n) is 2.38. The maximum absolute atomic E-state index is 13.3. The van der Waals surface area contributed by atoms with Gasteiger partial charge in [0, 0.05) is 12.7 Å². The van der Waals surface area contributed by atoms with E-state index < -0.39 is 14.8 Å². The van der Waals surface area contributed by atoms with Gasteiger partial charge in [0.05, 0.1) is 0 Å². The molecular formula is C7H8FO2S. The van der Waals surface area contributed by atoms with Crippen LogP contribution < -0.4 is 0 Å². The molecule has 1 aliphatic rings. The molecule has 1 aliphatic carbocycles. The lowest BCUT2D eigenvalue weighted by Gasteiger charge is -2.18. The van der Waals surface area contributed by atoms with Crippen molar-refractivity contribution in [1.82, 2.24) is 0 Å². The summed E-state index contributed by atoms with van der Waals surface area (Å²) in [5.41, 5.74) is 0. The molecular weight excluding hydrogens is 167 g/mol. The molecule has 0 saturated carbocycles. The fourth-order valence-corrected chi connectivity index (χ4v) is 1.39. The predicted molar refractivity (Wildman–Crippen MR) is 41.3 cm³/mol. The van der Waals surface area contributed by atoms with Crippen LogP contribution in [-0.2, 0) is 9.84 Å². The van der Waals surface area contributed by atoms with Crippen molar-refractivity contribution in [3.05, 3.63) is 30.7 Å². The molecule has 1 radical (unpaired) electrons. The van der Waals surface area contributed by atoms with E-state index in [1.54, 1.807) is 6.08 Å². The Morgan fingerprint density at radius 3 is 2.18 bits per heavy atom. The molecule has 0 aromatic carbocycles. The van der Waals surface area contributed by atoms with Gasteiger partial charge in [-0.05, 0) is 6.08 Å². The fourth-order valence-electron chi connectivity index (χ4n) is 0.740. The van der Waals surface area contributed by atoms with E-state index in [0.717, 1.165) is 18.8 Å². The third kappa shape index (κ3) is 1.50. The Morgan fingerprint density at radius 2 is 1.91 bits per heavy atom. The molecule has 0 heterocycles. The standard InChI is InChI=1S/C7H8FO2S/c1-11(9,10)7(8)5-3-2-4-6-7/h2-6H,1H3. The predicted octanol–water partition coefficient (Wildman–Crippen LogP) is 1.03. The molecule has 0 N–H and O–H groups in total. The van der Waals surface area contributed by atoms with Gasteiger partial charge >= 0.3 is 0 Å². The Morgan fingerprint density at radius 1 is 1.27 bits per heavy atom. The Balaban J connectivity index is 3.04. The van der Waals surface area contributed by atoms with Crippen LogP contribution in [0.1, 0.15) is 0 Å². The van der Waals surface area contributed by atoms with Crippen molar-refractivity contribution in [3.8, 4) is 0 Å². The molecule has 0 bridgehead atoms. The molecule has 0 saturated heterocycles. The third-order valence-corrected chi connectivity index (χ3v) is 2.85. The first kappa shape index (κ1) is 8.46. The Kier molecular flexibility index (Phi) is 1.88. The summed E-state index contributed by atoms with van der Waals surface area (Å²) in [6.07, 6.45) is 7.22. The van der Waals surface area contributed by atoms with Crippen LogP contribution in [0.2, 0.25) is 0 Å². The van der Waals surface area contributed by atoms with Gasteiger partial charge < -0.3 is 0 Å². The highest BCUT2D eigenvalue weighted by Gasteiger charge is 2.38. The largest absolute Gasteiger partial charge is 0.235 e. The normalized spacial score (nSPS) is 30.7. The lowest BCUT2D eigenvalue weighted by atomic mass is 10.1. The number of sulfone groups is 1. The highest BCUT2D eigenvalue weighted by molar-refractivity contribution is 7.92. The summed E-state index contributed by atoms with van der Waals surface area (Å²) in [7, 11) is -3.69. The molecule has 4 heteroatoms. The van der Waals surface area contributed by atoms with Crippen LogP contribution in [0.25, 0.3) is 0 Å². The van der Waals surface area contributed by atoms with E-state index in [0.29, 0.717) is 0 Å². The van der Waals surface area contributed by atoms with Gasteiger partial charge in [-0.25, -0.2) is 12.8 Å². The third-order valence-electron chi connectivity index (χ3n) is 1.44. The molecule has 61 valence electrons. The Labute approximate surface area is 65.3 Å². The van der Waals surface area contributed by atoms with Gasteiger partial charge in [-0.1, -0.05) is 18.2 Å². The zero-order valence-electron chi connectivity index (χ0n) is 5.99. The smallest absolute Gasteiger partial charge is 0.225 e. The van der Waals surface area contributed by atoms with Crippen molar-refractivity contribution in [2.45, 2.75) is 5.00 Å². The minimum atomic E-state index is -3.69. The minimum absolute atomic E-state index is 0.868. The quantitative estimate of drug-likeness (QED) is 0.596. The second-order valence-corrected chi connectivity index (χ2v) is 4.55. The topological polar surface area (TPSA) is 34.1 Å². The van der Waals surface area contributed by atoms with Crippen LogP contribution in [0.15, 0.2) is 24.3 Å². The van der Waals surface area contributed by atoms with E-state index >= 15 is 0 Å². The maximum Gasteiger partial charge on any atom is 0.235 e. The summed E-state index contributed by atoms with van der Waals surface area (Å²) in [5.74, 6) is 0. The van der Waals surface area contributed by atoms with Gasteiger partial charge in [0.2, 0.25) is 5.00 Å². The van der Waals surface area contributed by atoms with Crippen molar-refractivity contribution >= 4 is 9.84 Å². The molecule has 0 fully saturated rings. The number of hydrogen-bond donors (Lipinski definition) is 0. The van der Waals surface area contributed by atoms with Gasteiger partial charge in [-0.2, -0.15) is 0 Å². The minimum Gasteiger partial charge on any atom is -0.225 e. The summed E-state index contributed by atoms with van der Waals surface area (Å²) in [6, 6.07) is 0. The summed E-state index contributed by atoms with van der Waals surface area (Å²) in [4.78, 5) is 0. The van der Waals surface area contributed by atoms with Crippen LogP contribution in [-0.4, -0.2) is 19.7 Å². The average Bonchev–Trinajstić information content (AvgIpc) is 1.87. The molecule has 1 atom stereocenters. The summed E-state index contributed by atoms with van der Waals surface area (Å²) in [6.45, 7) is 0. The van der Waals surface area contributed by atoms with Crippen molar-refractivity contribution in [2.75, 3.05) is 6.26 Å². The highest BCUT2D eigenvalue weighted by Crippen LogP contribution is 2.26. The average molecular weight is 175 g/mol. The molecule has 1 rings (SSSR count). The SMILES string of the molecule is CS(=O)(=O)C1(F)[CH]C=CC=C1. The zero-order valence-corrected chi connectivity index (χ0v) is 6.81. The first-order valence-corrected chi connectivity index (χ1v) is 4.94. The van der Waals surface area contributed by atoms with E-state index in [4.69, 9.17) is 0 Å². The number of rotatable bonds is 1. The van der Waals surface area contributed by atoms with Crippen LogP contribution in [0.3, 0.4) is 0 Å². The molecule has 0 aromatic heterocycles. The first-order chi connectivity index (χ1) is 4.96. The van der Waals surface area contributed by atoms with Crippen LogP contribution in [0.4, 0.5) is 4.39 Å². The van der Waals surface area contributed by atoms with E-state index in [-0.39, 0.29) is 0 Å². The summed E-state index contributed by atoms with van der Waals surface area (Å²) < 4.78 is 34.9. The number of allylic oxidation sites excluding steroid dienone is 3. The van der Waals surface area contributed by atoms with E-state index in [2.05, 4.69) is 0 Å². The maximum atomic E-state index is 13.3. The van der Waals surface area contributed by atoms with E-state index in [1.165, 1.54) is 12.2 Å². The number of hydrogen-bond acceptors (Lipinski definition) is 2. The van der Waals surface area contributed by atoms with Crippen molar-refractivity contribution in [3.63, 3.8) is 0 Å². The zero-order chi connectivity index (χ0) is 8.54. The molecule has 0 aromatic rings. The number of alkyl halides is 1. The molecule has 1 unspecified atom stereocenters. The van der Waals surface area contributed by atoms with Gasteiger partial charge in [0.15, 0.2) is 9.84 Å². The van der Waals surface area contributed by atoms with Crippen molar-refractivity contribution in [2.24, 2.45) is 0 Å². The van der Waals surface area contributed by atoms with Gasteiger partial charge in [-0.3, -0.25) is 0 Å². The molecule has 2 nitrogen and oxygen atoms in total. The molecule has 0 aliphatic heterocycles. The lowest BCUT2D eigenvalue weighted by molar-refractivity contribution is 0.378. The second kappa shape index (κ2) is 2.44. The first-order valence-electron chi connectivity index (χ1n) is 3.05. The van der Waals surface area contributed by atoms with Crippen LogP contribution in [0, 0.1) is 6.42 Å². The van der Waals surface area contributed by atoms with Crippen molar-refractivity contribution in [1.29, 1.82) is 0 Å². The number of halogens is 1. The Hall–Kier alpha value is -0.640. The molecule has 11 heavy (non-hydrogen) atoms. The van der Waals surface area contributed by atoms with Gasteiger partial charge in [0.25, 0.3) is 0 Å². The molecule has 0 amide bonds.